The fourth-order valence-corrected chi connectivity index (χ4v) is 1.61. The largest absolute Gasteiger partial charge is 0.481 e. The topological polar surface area (TPSA) is 97.5 Å². The van der Waals surface area contributed by atoms with E-state index >= 15 is 0 Å². The van der Waals surface area contributed by atoms with Gasteiger partial charge in [-0.2, -0.15) is 0 Å². The Balaban J connectivity index is 3.07. The molecule has 0 saturated carbocycles. The Morgan fingerprint density at radius 3 is 2.50 bits per heavy atom. The van der Waals surface area contributed by atoms with E-state index in [0.29, 0.717) is 0 Å². The molecule has 1 aromatic rings. The van der Waals surface area contributed by atoms with Gasteiger partial charge in [-0.15, -0.1) is 0 Å². The predicted octanol–water partition coefficient (Wildman–Crippen LogP) is 2.28. The smallest absolute Gasteiger partial charge is 0.304 e. The minimum absolute atomic E-state index is 0.149. The standard InChI is InChI=1S/C12H13NO5/c1-12(2,7-10(14)15)11(16)8-4-3-5-9(6-8)13(17)18/h3-6H,7H2,1-2H3,(H,14,15). The van der Waals surface area contributed by atoms with Crippen molar-refractivity contribution >= 4 is 17.4 Å². The van der Waals surface area contributed by atoms with Crippen molar-refractivity contribution in [2.75, 3.05) is 0 Å². The van der Waals surface area contributed by atoms with Crippen LogP contribution in [0.25, 0.3) is 0 Å². The zero-order valence-electron chi connectivity index (χ0n) is 10.0. The Kier molecular flexibility index (Phi) is 3.80. The number of carboxylic acid groups (broad SMARTS) is 1. The highest BCUT2D eigenvalue weighted by Gasteiger charge is 2.31. The van der Waals surface area contributed by atoms with E-state index in [2.05, 4.69) is 0 Å². The van der Waals surface area contributed by atoms with Gasteiger partial charge in [0.25, 0.3) is 5.69 Å². The molecular weight excluding hydrogens is 238 g/mol. The van der Waals surface area contributed by atoms with E-state index in [9.17, 15) is 19.7 Å². The summed E-state index contributed by atoms with van der Waals surface area (Å²) in [5.74, 6) is -1.51. The van der Waals surface area contributed by atoms with Gasteiger partial charge in [0.1, 0.15) is 0 Å². The van der Waals surface area contributed by atoms with Crippen molar-refractivity contribution in [2.45, 2.75) is 20.3 Å². The number of Topliss-reactive ketones (excluding diaryl/α,β-unsaturated/α-hetero) is 1. The molecule has 0 bridgehead atoms. The van der Waals surface area contributed by atoms with Crippen molar-refractivity contribution in [2.24, 2.45) is 5.41 Å². The normalized spacial score (nSPS) is 11.0. The summed E-state index contributed by atoms with van der Waals surface area (Å²) in [5, 5.41) is 19.3. The molecule has 0 radical (unpaired) electrons. The van der Waals surface area contributed by atoms with Crippen LogP contribution in [0.1, 0.15) is 30.6 Å². The van der Waals surface area contributed by atoms with E-state index < -0.39 is 22.1 Å². The van der Waals surface area contributed by atoms with Gasteiger partial charge in [0.15, 0.2) is 5.78 Å². The fourth-order valence-electron chi connectivity index (χ4n) is 1.61. The molecule has 18 heavy (non-hydrogen) atoms. The first-order valence-corrected chi connectivity index (χ1v) is 5.25. The van der Waals surface area contributed by atoms with Crippen LogP contribution < -0.4 is 0 Å². The van der Waals surface area contributed by atoms with Gasteiger partial charge in [0, 0.05) is 23.1 Å². The van der Waals surface area contributed by atoms with Crippen LogP contribution >= 0.6 is 0 Å². The van der Waals surface area contributed by atoms with Gasteiger partial charge >= 0.3 is 5.97 Å². The first-order valence-electron chi connectivity index (χ1n) is 5.25. The van der Waals surface area contributed by atoms with E-state index in [0.717, 1.165) is 6.07 Å². The molecule has 6 nitrogen and oxygen atoms in total. The maximum Gasteiger partial charge on any atom is 0.304 e. The summed E-state index contributed by atoms with van der Waals surface area (Å²) in [6.07, 6.45) is -0.325. The number of nitro benzene ring substituents is 1. The van der Waals surface area contributed by atoms with Crippen molar-refractivity contribution in [1.29, 1.82) is 0 Å². The van der Waals surface area contributed by atoms with Crippen LogP contribution in [0.3, 0.4) is 0 Å². The molecule has 0 aliphatic carbocycles. The van der Waals surface area contributed by atoms with Gasteiger partial charge in [0.05, 0.1) is 11.3 Å². The molecular formula is C12H13NO5. The van der Waals surface area contributed by atoms with Crippen LogP contribution in [0, 0.1) is 15.5 Å². The number of hydrogen-bond acceptors (Lipinski definition) is 4. The lowest BCUT2D eigenvalue weighted by atomic mass is 9.81. The Labute approximate surface area is 103 Å². The zero-order valence-corrected chi connectivity index (χ0v) is 10.0. The first kappa shape index (κ1) is 13.8. The molecule has 0 heterocycles. The number of aliphatic carboxylic acids is 1. The SMILES string of the molecule is CC(C)(CC(=O)O)C(=O)c1cccc([N+](=O)[O-])c1. The quantitative estimate of drug-likeness (QED) is 0.491. The molecule has 1 N–H and O–H groups in total. The lowest BCUT2D eigenvalue weighted by Gasteiger charge is -2.20. The van der Waals surface area contributed by atoms with Crippen LogP contribution in [0.4, 0.5) is 5.69 Å². The summed E-state index contributed by atoms with van der Waals surface area (Å²) in [4.78, 5) is 32.8. The molecule has 0 amide bonds. The molecule has 0 aromatic heterocycles. The van der Waals surface area contributed by atoms with Gasteiger partial charge in [0.2, 0.25) is 0 Å². The molecule has 0 aliphatic heterocycles. The van der Waals surface area contributed by atoms with Gasteiger partial charge in [-0.1, -0.05) is 26.0 Å². The van der Waals surface area contributed by atoms with E-state index in [1.807, 2.05) is 0 Å². The number of carbonyl (C=O) groups is 2. The van der Waals surface area contributed by atoms with Gasteiger partial charge in [-0.25, -0.2) is 0 Å². The van der Waals surface area contributed by atoms with Gasteiger partial charge in [-0.3, -0.25) is 19.7 Å². The van der Waals surface area contributed by atoms with Crippen molar-refractivity contribution in [3.63, 3.8) is 0 Å². The summed E-state index contributed by atoms with van der Waals surface area (Å²) >= 11 is 0. The van der Waals surface area contributed by atoms with Crippen LogP contribution in [-0.2, 0) is 4.79 Å². The van der Waals surface area contributed by atoms with Crippen molar-refractivity contribution in [1.82, 2.24) is 0 Å². The number of hydrogen-bond donors (Lipinski definition) is 1. The first-order chi connectivity index (χ1) is 8.24. The fraction of sp³-hybridized carbons (Fsp3) is 0.333. The maximum absolute atomic E-state index is 12.1. The minimum atomic E-state index is -1.10. The lowest BCUT2D eigenvalue weighted by Crippen LogP contribution is -2.27. The number of ketones is 1. The highest BCUT2D eigenvalue weighted by Crippen LogP contribution is 2.27. The van der Waals surface area contributed by atoms with E-state index in [-0.39, 0.29) is 17.7 Å². The summed E-state index contributed by atoms with van der Waals surface area (Å²) in [5.41, 5.74) is -1.14. The van der Waals surface area contributed by atoms with Crippen LogP contribution in [0.15, 0.2) is 24.3 Å². The number of non-ortho nitro benzene ring substituents is 1. The predicted molar refractivity (Wildman–Crippen MR) is 63.5 cm³/mol. The molecule has 0 atom stereocenters. The molecule has 1 aromatic carbocycles. The Hall–Kier alpha value is -2.24. The van der Waals surface area contributed by atoms with Crippen molar-refractivity contribution in [3.8, 4) is 0 Å². The Morgan fingerprint density at radius 2 is 2.00 bits per heavy atom. The van der Waals surface area contributed by atoms with Crippen LogP contribution in [-0.4, -0.2) is 21.8 Å². The lowest BCUT2D eigenvalue weighted by molar-refractivity contribution is -0.384. The van der Waals surface area contributed by atoms with Crippen molar-refractivity contribution < 1.29 is 19.6 Å². The maximum atomic E-state index is 12.1. The van der Waals surface area contributed by atoms with Crippen LogP contribution in [0.5, 0.6) is 0 Å². The molecule has 6 heteroatoms. The summed E-state index contributed by atoms with van der Waals surface area (Å²) in [6, 6.07) is 5.29. The number of carboxylic acids is 1. The molecule has 0 saturated heterocycles. The van der Waals surface area contributed by atoms with Crippen molar-refractivity contribution in [3.05, 3.63) is 39.9 Å². The van der Waals surface area contributed by atoms with E-state index in [4.69, 9.17) is 5.11 Å². The number of benzene rings is 1. The third kappa shape index (κ3) is 3.13. The van der Waals surface area contributed by atoms with Gasteiger partial charge < -0.3 is 5.11 Å². The highest BCUT2D eigenvalue weighted by atomic mass is 16.6. The van der Waals surface area contributed by atoms with E-state index in [1.165, 1.54) is 32.0 Å². The average molecular weight is 251 g/mol. The molecule has 0 unspecified atom stereocenters. The number of rotatable bonds is 5. The second-order valence-corrected chi connectivity index (χ2v) is 4.59. The molecule has 96 valence electrons. The summed E-state index contributed by atoms with van der Waals surface area (Å²) in [7, 11) is 0. The molecule has 0 fully saturated rings. The van der Waals surface area contributed by atoms with Crippen LogP contribution in [0.2, 0.25) is 0 Å². The van der Waals surface area contributed by atoms with Gasteiger partial charge in [-0.05, 0) is 0 Å². The third-order valence-corrected chi connectivity index (χ3v) is 2.53. The minimum Gasteiger partial charge on any atom is -0.481 e. The Bertz CT molecular complexity index is 507. The Morgan fingerprint density at radius 1 is 1.39 bits per heavy atom. The monoisotopic (exact) mass is 251 g/mol. The van der Waals surface area contributed by atoms with E-state index in [1.54, 1.807) is 0 Å². The highest BCUT2D eigenvalue weighted by molar-refractivity contribution is 6.02. The summed E-state index contributed by atoms with van der Waals surface area (Å²) in [6.45, 7) is 3.00. The zero-order chi connectivity index (χ0) is 13.9. The number of nitro groups is 1. The molecule has 1 rings (SSSR count). The number of carbonyl (C=O) groups excluding carboxylic acids is 1. The second-order valence-electron chi connectivity index (χ2n) is 4.59. The second kappa shape index (κ2) is 4.95. The third-order valence-electron chi connectivity index (χ3n) is 2.53. The number of nitrogens with zero attached hydrogens (tertiary/aromatic N) is 1. The molecule has 0 spiro atoms. The average Bonchev–Trinajstić information content (AvgIpc) is 2.26. The molecule has 0 aliphatic rings. The summed E-state index contributed by atoms with van der Waals surface area (Å²) < 4.78 is 0.